The van der Waals surface area contributed by atoms with Gasteiger partial charge in [-0.25, -0.2) is 4.68 Å². The van der Waals surface area contributed by atoms with Crippen LogP contribution >= 0.6 is 0 Å². The molecule has 110 valence electrons. The minimum atomic E-state index is -1.07. The number of hydrogen-bond donors (Lipinski definition) is 3. The van der Waals surface area contributed by atoms with Crippen LogP contribution < -0.4 is 16.4 Å². The summed E-state index contributed by atoms with van der Waals surface area (Å²) in [5, 5.41) is 17.0. The molecule has 1 amide bonds. The maximum absolute atomic E-state index is 11.7. The number of carbonyl (C=O) groups is 2. The van der Waals surface area contributed by atoms with Gasteiger partial charge in [0.1, 0.15) is 13.1 Å². The minimum absolute atomic E-state index is 0.285. The molecule has 0 aromatic carbocycles. The number of nitrogens with one attached hydrogen (secondary N) is 2. The average Bonchev–Trinajstić information content (AvgIpc) is 2.80. The van der Waals surface area contributed by atoms with Gasteiger partial charge in [0.2, 0.25) is 5.91 Å². The van der Waals surface area contributed by atoms with Crippen molar-refractivity contribution in [1.82, 2.24) is 19.6 Å². The van der Waals surface area contributed by atoms with E-state index < -0.39 is 23.0 Å². The summed E-state index contributed by atoms with van der Waals surface area (Å²) in [7, 11) is 0. The highest BCUT2D eigenvalue weighted by Gasteiger charge is 2.08. The van der Waals surface area contributed by atoms with Crippen LogP contribution in [0.4, 0.5) is 5.69 Å². The smallest absolute Gasteiger partial charge is 0.325 e. The SMILES string of the molecule is O=C(O)Cn1cc(NC(=O)Cn2[nH]c(=O)ccc2=O)cn1. The van der Waals surface area contributed by atoms with Crippen molar-refractivity contribution in [2.75, 3.05) is 5.32 Å². The van der Waals surface area contributed by atoms with E-state index in [0.717, 1.165) is 21.5 Å². The number of aliphatic carboxylic acids is 1. The van der Waals surface area contributed by atoms with Crippen LogP contribution in [0.15, 0.2) is 34.1 Å². The van der Waals surface area contributed by atoms with Crippen LogP contribution in [0.5, 0.6) is 0 Å². The number of carbonyl (C=O) groups excluding carboxylic acids is 1. The van der Waals surface area contributed by atoms with Crippen LogP contribution in [0.2, 0.25) is 0 Å². The van der Waals surface area contributed by atoms with Crippen molar-refractivity contribution in [1.29, 1.82) is 0 Å². The molecular formula is C11H11N5O5. The zero-order valence-corrected chi connectivity index (χ0v) is 10.6. The molecular weight excluding hydrogens is 282 g/mol. The van der Waals surface area contributed by atoms with E-state index in [0.29, 0.717) is 0 Å². The Morgan fingerprint density at radius 2 is 2.05 bits per heavy atom. The zero-order chi connectivity index (χ0) is 15.4. The van der Waals surface area contributed by atoms with E-state index >= 15 is 0 Å². The Labute approximate surface area is 116 Å². The number of amides is 1. The van der Waals surface area contributed by atoms with Gasteiger partial charge in [-0.3, -0.25) is 29.0 Å². The Kier molecular flexibility index (Phi) is 3.97. The lowest BCUT2D eigenvalue weighted by Crippen LogP contribution is -2.32. The Morgan fingerprint density at radius 1 is 1.29 bits per heavy atom. The Hall–Kier alpha value is -3.17. The van der Waals surface area contributed by atoms with E-state index in [1.165, 1.54) is 12.4 Å². The second-order valence-electron chi connectivity index (χ2n) is 4.10. The van der Waals surface area contributed by atoms with E-state index in [1.807, 2.05) is 0 Å². The van der Waals surface area contributed by atoms with Crippen LogP contribution in [-0.4, -0.2) is 36.5 Å². The summed E-state index contributed by atoms with van der Waals surface area (Å²) in [5.74, 6) is -1.63. The maximum Gasteiger partial charge on any atom is 0.325 e. The summed E-state index contributed by atoms with van der Waals surface area (Å²) in [4.78, 5) is 44.7. The first-order valence-electron chi connectivity index (χ1n) is 5.78. The summed E-state index contributed by atoms with van der Waals surface area (Å²) >= 11 is 0. The molecule has 2 heterocycles. The van der Waals surface area contributed by atoms with Gasteiger partial charge in [-0.2, -0.15) is 5.10 Å². The quantitative estimate of drug-likeness (QED) is 0.610. The third kappa shape index (κ3) is 3.89. The van der Waals surface area contributed by atoms with Crippen LogP contribution in [0.25, 0.3) is 0 Å². The number of anilines is 1. The highest BCUT2D eigenvalue weighted by molar-refractivity contribution is 5.90. The number of aromatic nitrogens is 4. The first-order chi connectivity index (χ1) is 9.94. The molecule has 2 rings (SSSR count). The van der Waals surface area contributed by atoms with E-state index in [1.54, 1.807) is 0 Å². The average molecular weight is 293 g/mol. The van der Waals surface area contributed by atoms with Crippen LogP contribution in [0.1, 0.15) is 0 Å². The highest BCUT2D eigenvalue weighted by atomic mass is 16.4. The Bertz CT molecular complexity index is 787. The molecule has 3 N–H and O–H groups in total. The topological polar surface area (TPSA) is 139 Å². The lowest BCUT2D eigenvalue weighted by molar-refractivity contribution is -0.137. The second-order valence-corrected chi connectivity index (χ2v) is 4.10. The molecule has 0 fully saturated rings. The van der Waals surface area contributed by atoms with Gasteiger partial charge in [-0.05, 0) is 0 Å². The molecule has 0 aliphatic carbocycles. The normalized spacial score (nSPS) is 10.3. The first-order valence-corrected chi connectivity index (χ1v) is 5.78. The molecule has 0 saturated carbocycles. The number of carboxylic acids is 1. The zero-order valence-electron chi connectivity index (χ0n) is 10.6. The van der Waals surface area contributed by atoms with Crippen molar-refractivity contribution in [2.24, 2.45) is 0 Å². The van der Waals surface area contributed by atoms with E-state index in [2.05, 4.69) is 15.5 Å². The molecule has 0 atom stereocenters. The summed E-state index contributed by atoms with van der Waals surface area (Å²) in [6.45, 7) is -0.708. The Morgan fingerprint density at radius 3 is 2.76 bits per heavy atom. The predicted octanol–water partition coefficient (Wildman–Crippen LogP) is -1.54. The number of aromatic amines is 1. The number of carboxylic acid groups (broad SMARTS) is 1. The molecule has 0 aliphatic rings. The van der Waals surface area contributed by atoms with Gasteiger partial charge in [0.25, 0.3) is 11.1 Å². The minimum Gasteiger partial charge on any atom is -0.480 e. The van der Waals surface area contributed by atoms with Crippen molar-refractivity contribution in [3.63, 3.8) is 0 Å². The maximum atomic E-state index is 11.7. The van der Waals surface area contributed by atoms with Crippen molar-refractivity contribution >= 4 is 17.6 Å². The van der Waals surface area contributed by atoms with Crippen molar-refractivity contribution in [3.8, 4) is 0 Å². The highest BCUT2D eigenvalue weighted by Crippen LogP contribution is 2.04. The molecule has 0 saturated heterocycles. The fraction of sp³-hybridized carbons (Fsp3) is 0.182. The van der Waals surface area contributed by atoms with Gasteiger partial charge < -0.3 is 10.4 Å². The molecule has 2 aromatic heterocycles. The summed E-state index contributed by atoms with van der Waals surface area (Å²) in [6, 6.07) is 2.11. The molecule has 2 aromatic rings. The molecule has 0 bridgehead atoms. The first kappa shape index (κ1) is 14.2. The third-order valence-electron chi connectivity index (χ3n) is 2.40. The van der Waals surface area contributed by atoms with Gasteiger partial charge in [0.05, 0.1) is 11.9 Å². The van der Waals surface area contributed by atoms with E-state index in [4.69, 9.17) is 5.11 Å². The van der Waals surface area contributed by atoms with Crippen LogP contribution in [0, 0.1) is 0 Å². The third-order valence-corrected chi connectivity index (χ3v) is 2.40. The van der Waals surface area contributed by atoms with Crippen LogP contribution in [0.3, 0.4) is 0 Å². The van der Waals surface area contributed by atoms with Crippen LogP contribution in [-0.2, 0) is 22.7 Å². The molecule has 10 nitrogen and oxygen atoms in total. The fourth-order valence-electron chi connectivity index (χ4n) is 1.58. The van der Waals surface area contributed by atoms with Crippen molar-refractivity contribution in [2.45, 2.75) is 13.1 Å². The number of hydrogen-bond acceptors (Lipinski definition) is 5. The Balaban J connectivity index is 2.03. The van der Waals surface area contributed by atoms with Gasteiger partial charge in [0.15, 0.2) is 0 Å². The molecule has 0 spiro atoms. The predicted molar refractivity (Wildman–Crippen MR) is 69.8 cm³/mol. The largest absolute Gasteiger partial charge is 0.480 e. The second kappa shape index (κ2) is 5.86. The standard InChI is InChI=1S/C11H11N5O5/c17-8-1-2-10(19)16(14-8)5-9(18)13-7-3-12-15(4-7)6-11(20)21/h1-4H,5-6H2,(H,13,18)(H,14,17)(H,20,21). The van der Waals surface area contributed by atoms with E-state index in [9.17, 15) is 19.2 Å². The van der Waals surface area contributed by atoms with Gasteiger partial charge in [0, 0.05) is 18.3 Å². The number of H-pyrrole nitrogens is 1. The van der Waals surface area contributed by atoms with Gasteiger partial charge in [-0.1, -0.05) is 0 Å². The monoisotopic (exact) mass is 293 g/mol. The lowest BCUT2D eigenvalue weighted by Gasteiger charge is -2.04. The van der Waals surface area contributed by atoms with E-state index in [-0.39, 0.29) is 18.8 Å². The summed E-state index contributed by atoms with van der Waals surface area (Å²) < 4.78 is 1.99. The summed E-state index contributed by atoms with van der Waals surface area (Å²) in [5.41, 5.74) is -0.740. The van der Waals surface area contributed by atoms with Crippen molar-refractivity contribution < 1.29 is 14.7 Å². The van der Waals surface area contributed by atoms with Gasteiger partial charge >= 0.3 is 5.97 Å². The molecule has 21 heavy (non-hydrogen) atoms. The number of rotatable bonds is 5. The molecule has 0 unspecified atom stereocenters. The molecule has 0 aliphatic heterocycles. The number of nitrogens with zero attached hydrogens (tertiary/aromatic N) is 3. The van der Waals surface area contributed by atoms with Gasteiger partial charge in [-0.15, -0.1) is 0 Å². The molecule has 0 radical (unpaired) electrons. The lowest BCUT2D eigenvalue weighted by atomic mass is 10.5. The fourth-order valence-corrected chi connectivity index (χ4v) is 1.58. The summed E-state index contributed by atoms with van der Waals surface area (Å²) in [6.07, 6.45) is 2.61. The van der Waals surface area contributed by atoms with Crippen molar-refractivity contribution in [3.05, 3.63) is 45.2 Å². The molecule has 10 heteroatoms.